The third-order valence-electron chi connectivity index (χ3n) is 11.0. The molecule has 10 heteroatoms. The number of phenols is 1. The van der Waals surface area contributed by atoms with Crippen LogP contribution in [0, 0.1) is 27.2 Å². The van der Waals surface area contributed by atoms with E-state index < -0.39 is 13.0 Å². The summed E-state index contributed by atoms with van der Waals surface area (Å²) in [6.07, 6.45) is 6.59. The van der Waals surface area contributed by atoms with E-state index in [0.717, 1.165) is 60.0 Å². The molecular weight excluding hydrogens is 718 g/mol. The van der Waals surface area contributed by atoms with Gasteiger partial charge < -0.3 is 19.5 Å². The van der Waals surface area contributed by atoms with Gasteiger partial charge >= 0.3 is 7.12 Å². The van der Waals surface area contributed by atoms with E-state index in [1.54, 1.807) is 12.0 Å². The van der Waals surface area contributed by atoms with Crippen LogP contribution in [0.3, 0.4) is 0 Å². The van der Waals surface area contributed by atoms with Crippen molar-refractivity contribution in [1.82, 2.24) is 9.80 Å². The zero-order chi connectivity index (χ0) is 34.1. The Morgan fingerprint density at radius 2 is 1.85 bits per heavy atom. The summed E-state index contributed by atoms with van der Waals surface area (Å²) in [7, 11) is 0.569. The Kier molecular flexibility index (Phi) is 11.0. The lowest BCUT2D eigenvalue weighted by atomic mass is 9.57. The molecule has 6 rings (SSSR count). The molecule has 3 fully saturated rings. The maximum absolute atomic E-state index is 14.3. The first-order valence-corrected chi connectivity index (χ1v) is 18.6. The lowest BCUT2D eigenvalue weighted by Crippen LogP contribution is -2.48. The number of allylic oxidation sites excluding steroid dienone is 2. The van der Waals surface area contributed by atoms with Gasteiger partial charge in [0.1, 0.15) is 0 Å². The molecule has 8 nitrogen and oxygen atoms in total. The van der Waals surface area contributed by atoms with Crippen LogP contribution in [0.4, 0.5) is 0 Å². The summed E-state index contributed by atoms with van der Waals surface area (Å²) in [6.45, 7) is 9.05. The number of methoxy groups -OCH3 is 1. The standard InChI is InChI=1S/C38H48BIN2O6/c1-5-24(17-26-18-31(40)36(43)33(19-26)47-4)11-12-32-34-28(23(2)3)20-29-35(30(34)21-39(46)48-32)38(45)42(37(29)44)27-13-15-41(16-14-27)22-25-9-7-6-8-10-25/h6-10,17-19,23,27,29-30,32,35,43,46H,5,11-16,20-22H2,1-4H3/b24-17+/t29-,30+,32-,35-/m1/s1. The molecule has 0 aromatic heterocycles. The second-order valence-electron chi connectivity index (χ2n) is 14.2. The van der Waals surface area contributed by atoms with Crippen LogP contribution in [-0.2, 0) is 20.8 Å². The fourth-order valence-corrected chi connectivity index (χ4v) is 9.17. The Balaban J connectivity index is 1.19. The maximum atomic E-state index is 14.3. The highest BCUT2D eigenvalue weighted by molar-refractivity contribution is 14.1. The Bertz CT molecular complexity index is 1570. The largest absolute Gasteiger partial charge is 0.504 e. The molecule has 4 atom stereocenters. The Labute approximate surface area is 298 Å². The van der Waals surface area contributed by atoms with Crippen molar-refractivity contribution in [3.8, 4) is 11.5 Å². The molecule has 2 N–H and O–H groups in total. The number of amides is 2. The van der Waals surface area contributed by atoms with E-state index in [1.165, 1.54) is 16.7 Å². The summed E-state index contributed by atoms with van der Waals surface area (Å²) in [5.74, 6) is -0.287. The summed E-state index contributed by atoms with van der Waals surface area (Å²) in [5.41, 5.74) is 5.82. The van der Waals surface area contributed by atoms with Gasteiger partial charge in [-0.05, 0) is 108 Å². The Morgan fingerprint density at radius 3 is 2.52 bits per heavy atom. The number of hydrogen-bond donors (Lipinski definition) is 2. The number of nitrogens with zero attached hydrogens (tertiary/aromatic N) is 2. The number of rotatable bonds is 10. The Morgan fingerprint density at radius 1 is 1.12 bits per heavy atom. The van der Waals surface area contributed by atoms with Crippen LogP contribution < -0.4 is 4.74 Å². The van der Waals surface area contributed by atoms with Crippen molar-refractivity contribution in [3.63, 3.8) is 0 Å². The van der Waals surface area contributed by atoms with Crippen molar-refractivity contribution < 1.29 is 29.1 Å². The molecule has 0 unspecified atom stereocenters. The molecule has 4 aliphatic rings. The summed E-state index contributed by atoms with van der Waals surface area (Å²) in [6, 6.07) is 14.1. The minimum Gasteiger partial charge on any atom is -0.504 e. The molecule has 2 amide bonds. The molecule has 0 spiro atoms. The number of likely N-dealkylation sites (tertiary alicyclic amines) is 2. The maximum Gasteiger partial charge on any atom is 0.455 e. The molecule has 3 saturated heterocycles. The van der Waals surface area contributed by atoms with E-state index >= 15 is 0 Å². The zero-order valence-electron chi connectivity index (χ0n) is 28.5. The molecule has 0 radical (unpaired) electrons. The smallest absolute Gasteiger partial charge is 0.455 e. The number of carbonyl (C=O) groups excluding carboxylic acids is 2. The summed E-state index contributed by atoms with van der Waals surface area (Å²) in [5, 5.41) is 21.3. The molecule has 1 aliphatic carbocycles. The number of hydrogen-bond acceptors (Lipinski definition) is 7. The van der Waals surface area contributed by atoms with Gasteiger partial charge in [0.15, 0.2) is 11.5 Å². The van der Waals surface area contributed by atoms with Gasteiger partial charge in [-0.1, -0.05) is 68.3 Å². The number of benzene rings is 2. The molecule has 3 aliphatic heterocycles. The van der Waals surface area contributed by atoms with Crippen molar-refractivity contribution in [1.29, 1.82) is 0 Å². The van der Waals surface area contributed by atoms with Crippen molar-refractivity contribution in [2.45, 2.75) is 84.3 Å². The van der Waals surface area contributed by atoms with Crippen LogP contribution >= 0.6 is 22.6 Å². The van der Waals surface area contributed by atoms with E-state index in [2.05, 4.69) is 78.6 Å². The first-order chi connectivity index (χ1) is 23.1. The average Bonchev–Trinajstić information content (AvgIpc) is 3.33. The lowest BCUT2D eigenvalue weighted by molar-refractivity contribution is -0.144. The van der Waals surface area contributed by atoms with Gasteiger partial charge in [0, 0.05) is 25.7 Å². The molecule has 256 valence electrons. The van der Waals surface area contributed by atoms with E-state index in [4.69, 9.17) is 9.39 Å². The van der Waals surface area contributed by atoms with Crippen LogP contribution in [0.15, 0.2) is 59.2 Å². The van der Waals surface area contributed by atoms with E-state index in [1.807, 2.05) is 18.2 Å². The van der Waals surface area contributed by atoms with Crippen LogP contribution in [0.1, 0.15) is 70.4 Å². The highest BCUT2D eigenvalue weighted by Gasteiger charge is 2.58. The van der Waals surface area contributed by atoms with Gasteiger partial charge in [-0.25, -0.2) is 0 Å². The van der Waals surface area contributed by atoms with Crippen LogP contribution in [0.5, 0.6) is 11.5 Å². The number of carbonyl (C=O) groups is 2. The number of fused-ring (bicyclic) bond motifs is 3. The highest BCUT2D eigenvalue weighted by Crippen LogP contribution is 2.52. The number of ether oxygens (including phenoxy) is 1. The predicted molar refractivity (Wildman–Crippen MR) is 196 cm³/mol. The number of halogens is 1. The van der Waals surface area contributed by atoms with Gasteiger partial charge in [0.2, 0.25) is 11.8 Å². The molecule has 0 bridgehead atoms. The van der Waals surface area contributed by atoms with Gasteiger partial charge in [-0.15, -0.1) is 0 Å². The first kappa shape index (κ1) is 35.2. The number of piperidine rings is 1. The molecule has 0 saturated carbocycles. The normalized spacial score (nSPS) is 25.6. The second kappa shape index (κ2) is 15.1. The first-order valence-electron chi connectivity index (χ1n) is 17.5. The number of aromatic hydroxyl groups is 1. The summed E-state index contributed by atoms with van der Waals surface area (Å²) >= 11 is 2.11. The van der Waals surface area contributed by atoms with Crippen LogP contribution in [-0.4, -0.2) is 71.2 Å². The third kappa shape index (κ3) is 7.13. The number of imide groups is 1. The van der Waals surface area contributed by atoms with Gasteiger partial charge in [-0.2, -0.15) is 0 Å². The van der Waals surface area contributed by atoms with Crippen LogP contribution in [0.25, 0.3) is 6.08 Å². The average molecular weight is 767 g/mol. The fraction of sp³-hybridized carbons (Fsp3) is 0.526. The van der Waals surface area contributed by atoms with Crippen molar-refractivity contribution >= 4 is 47.6 Å². The van der Waals surface area contributed by atoms with Gasteiger partial charge in [0.25, 0.3) is 0 Å². The highest BCUT2D eigenvalue weighted by atomic mass is 127. The van der Waals surface area contributed by atoms with Gasteiger partial charge in [0.05, 0.1) is 28.6 Å². The molecule has 48 heavy (non-hydrogen) atoms. The quantitative estimate of drug-likeness (QED) is 0.120. The minimum absolute atomic E-state index is 0.0172. The van der Waals surface area contributed by atoms with E-state index in [0.29, 0.717) is 24.9 Å². The Hall–Kier alpha value is -2.67. The summed E-state index contributed by atoms with van der Waals surface area (Å²) < 4.78 is 12.4. The predicted octanol–water partition coefficient (Wildman–Crippen LogP) is 6.70. The topological polar surface area (TPSA) is 99.5 Å². The van der Waals surface area contributed by atoms with E-state index in [-0.39, 0.29) is 47.5 Å². The van der Waals surface area contributed by atoms with Crippen molar-refractivity contribution in [2.24, 2.45) is 23.7 Å². The van der Waals surface area contributed by atoms with Crippen molar-refractivity contribution in [3.05, 3.63) is 73.9 Å². The molecule has 2 aromatic rings. The molecule has 3 heterocycles. The minimum atomic E-state index is -0.980. The third-order valence-corrected chi connectivity index (χ3v) is 11.8. The second-order valence-corrected chi connectivity index (χ2v) is 15.3. The summed E-state index contributed by atoms with van der Waals surface area (Å²) in [4.78, 5) is 32.4. The monoisotopic (exact) mass is 766 g/mol. The van der Waals surface area contributed by atoms with E-state index in [9.17, 15) is 19.7 Å². The van der Waals surface area contributed by atoms with Crippen LogP contribution in [0.2, 0.25) is 6.32 Å². The number of phenolic OH excluding ortho intramolecular Hbond substituents is 1. The van der Waals surface area contributed by atoms with Crippen molar-refractivity contribution in [2.75, 3.05) is 20.2 Å². The zero-order valence-corrected chi connectivity index (χ0v) is 30.7. The fourth-order valence-electron chi connectivity index (χ4n) is 8.55. The van der Waals surface area contributed by atoms with Gasteiger partial charge in [-0.3, -0.25) is 19.4 Å². The SMILES string of the molecule is CC/C(=C\c1cc(I)c(O)c(OC)c1)CC[C@H]1OB(O)C[C@H]2C1=C(C(C)C)C[C@H]1C(=O)N(C3CCN(Cc4ccccc4)CC3)C(=O)[C@H]12. The lowest BCUT2D eigenvalue weighted by Gasteiger charge is -2.44. The molecule has 2 aromatic carbocycles. The molecular formula is C38H48BIN2O6.